The van der Waals surface area contributed by atoms with Crippen LogP contribution in [0.1, 0.15) is 17.5 Å². The molecule has 0 aromatic heterocycles. The number of esters is 1. The van der Waals surface area contributed by atoms with E-state index in [1.165, 1.54) is 12.7 Å². The normalized spacial score (nSPS) is 18.1. The number of fused-ring (bicyclic) bond motifs is 1. The Balaban J connectivity index is 2.14. The monoisotopic (exact) mass is 235 g/mol. The van der Waals surface area contributed by atoms with Crippen LogP contribution in [0, 0.1) is 0 Å². The lowest BCUT2D eigenvalue weighted by molar-refractivity contribution is -0.141. The molecule has 0 radical (unpaired) electrons. The molecule has 1 aliphatic heterocycles. The largest absolute Gasteiger partial charge is 0.467 e. The zero-order valence-corrected chi connectivity index (χ0v) is 9.90. The Morgan fingerprint density at radius 3 is 3.12 bits per heavy atom. The van der Waals surface area contributed by atoms with Crippen LogP contribution in [-0.2, 0) is 22.4 Å². The highest BCUT2D eigenvalue weighted by atomic mass is 16.5. The van der Waals surface area contributed by atoms with Crippen LogP contribution in [0.5, 0.6) is 0 Å². The van der Waals surface area contributed by atoms with Crippen LogP contribution in [0.4, 0.5) is 5.69 Å². The van der Waals surface area contributed by atoms with Crippen LogP contribution < -0.4 is 5.32 Å². The molecule has 1 aromatic carbocycles. The maximum Gasteiger partial charge on any atom is 0.328 e. The third-order valence-electron chi connectivity index (χ3n) is 3.09. The molecule has 0 amide bonds. The first-order valence-corrected chi connectivity index (χ1v) is 5.81. The molecular weight excluding hydrogens is 218 g/mol. The van der Waals surface area contributed by atoms with E-state index in [0.29, 0.717) is 6.42 Å². The number of anilines is 1. The van der Waals surface area contributed by atoms with E-state index in [1.54, 1.807) is 0 Å². The number of hydrogen-bond donors (Lipinski definition) is 2. The number of ether oxygens (including phenoxy) is 1. The second-order valence-electron chi connectivity index (χ2n) is 4.22. The molecule has 4 heteroatoms. The minimum atomic E-state index is -0.240. The number of nitrogens with one attached hydrogen (secondary N) is 1. The molecule has 2 N–H and O–H groups in total. The average Bonchev–Trinajstić information content (AvgIpc) is 2.37. The van der Waals surface area contributed by atoms with Gasteiger partial charge in [0.2, 0.25) is 0 Å². The summed E-state index contributed by atoms with van der Waals surface area (Å²) in [5.74, 6) is -0.213. The molecule has 0 bridgehead atoms. The third kappa shape index (κ3) is 2.58. The Bertz CT molecular complexity index is 417. The van der Waals surface area contributed by atoms with Crippen LogP contribution in [0.3, 0.4) is 0 Å². The fourth-order valence-electron chi connectivity index (χ4n) is 2.16. The van der Waals surface area contributed by atoms with E-state index in [9.17, 15) is 4.79 Å². The molecule has 0 spiro atoms. The summed E-state index contributed by atoms with van der Waals surface area (Å²) in [7, 11) is 1.41. The van der Waals surface area contributed by atoms with Crippen molar-refractivity contribution in [2.24, 2.45) is 0 Å². The van der Waals surface area contributed by atoms with Crippen molar-refractivity contribution in [2.75, 3.05) is 19.0 Å². The van der Waals surface area contributed by atoms with Crippen molar-refractivity contribution in [1.82, 2.24) is 0 Å². The van der Waals surface area contributed by atoms with E-state index >= 15 is 0 Å². The summed E-state index contributed by atoms with van der Waals surface area (Å²) in [6, 6.07) is 5.79. The second kappa shape index (κ2) is 5.19. The van der Waals surface area contributed by atoms with Gasteiger partial charge in [-0.15, -0.1) is 0 Å². The van der Waals surface area contributed by atoms with Crippen molar-refractivity contribution in [2.45, 2.75) is 25.3 Å². The van der Waals surface area contributed by atoms with E-state index in [2.05, 4.69) is 11.4 Å². The first-order valence-electron chi connectivity index (χ1n) is 5.81. The Hall–Kier alpha value is -1.55. The number of hydrogen-bond acceptors (Lipinski definition) is 4. The lowest BCUT2D eigenvalue weighted by Gasteiger charge is -2.25. The third-order valence-corrected chi connectivity index (χ3v) is 3.09. The number of methoxy groups -OCH3 is 1. The van der Waals surface area contributed by atoms with Crippen LogP contribution in [0.25, 0.3) is 0 Å². The SMILES string of the molecule is COC(=O)C1CCc2cc(CCO)ccc2N1. The van der Waals surface area contributed by atoms with Gasteiger partial charge in [0.25, 0.3) is 0 Å². The van der Waals surface area contributed by atoms with Gasteiger partial charge in [0, 0.05) is 12.3 Å². The highest BCUT2D eigenvalue weighted by Gasteiger charge is 2.24. The highest BCUT2D eigenvalue weighted by Crippen LogP contribution is 2.26. The predicted molar refractivity (Wildman–Crippen MR) is 65.0 cm³/mol. The lowest BCUT2D eigenvalue weighted by Crippen LogP contribution is -2.34. The van der Waals surface area contributed by atoms with Crippen LogP contribution in [-0.4, -0.2) is 30.8 Å². The number of aliphatic hydroxyl groups excluding tert-OH is 1. The second-order valence-corrected chi connectivity index (χ2v) is 4.22. The number of aryl methyl sites for hydroxylation is 1. The van der Waals surface area contributed by atoms with Gasteiger partial charge in [-0.1, -0.05) is 12.1 Å². The molecule has 0 fully saturated rings. The molecule has 1 atom stereocenters. The summed E-state index contributed by atoms with van der Waals surface area (Å²) in [6.45, 7) is 0.164. The summed E-state index contributed by atoms with van der Waals surface area (Å²) in [5, 5.41) is 12.1. The molecule has 1 aliphatic rings. The van der Waals surface area contributed by atoms with Gasteiger partial charge in [-0.25, -0.2) is 4.79 Å². The number of rotatable bonds is 3. The maximum atomic E-state index is 11.4. The Morgan fingerprint density at radius 2 is 2.41 bits per heavy atom. The number of aliphatic hydroxyl groups is 1. The maximum absolute atomic E-state index is 11.4. The van der Waals surface area contributed by atoms with Crippen molar-refractivity contribution in [3.05, 3.63) is 29.3 Å². The molecule has 0 saturated heterocycles. The van der Waals surface area contributed by atoms with E-state index in [0.717, 1.165) is 24.1 Å². The van der Waals surface area contributed by atoms with E-state index < -0.39 is 0 Å². The van der Waals surface area contributed by atoms with E-state index in [4.69, 9.17) is 9.84 Å². The molecule has 1 unspecified atom stereocenters. The topological polar surface area (TPSA) is 58.6 Å². The Kier molecular flexibility index (Phi) is 3.64. The first-order chi connectivity index (χ1) is 8.24. The Morgan fingerprint density at radius 1 is 1.59 bits per heavy atom. The molecule has 1 aromatic rings. The quantitative estimate of drug-likeness (QED) is 0.771. The van der Waals surface area contributed by atoms with Crippen LogP contribution in [0.2, 0.25) is 0 Å². The minimum absolute atomic E-state index is 0.164. The van der Waals surface area contributed by atoms with Crippen molar-refractivity contribution >= 4 is 11.7 Å². The van der Waals surface area contributed by atoms with Gasteiger partial charge >= 0.3 is 5.97 Å². The average molecular weight is 235 g/mol. The van der Waals surface area contributed by atoms with E-state index in [1.807, 2.05) is 12.1 Å². The van der Waals surface area contributed by atoms with Crippen molar-refractivity contribution in [3.63, 3.8) is 0 Å². The van der Waals surface area contributed by atoms with Gasteiger partial charge < -0.3 is 15.2 Å². The smallest absolute Gasteiger partial charge is 0.328 e. The van der Waals surface area contributed by atoms with Crippen molar-refractivity contribution < 1.29 is 14.6 Å². The van der Waals surface area contributed by atoms with Crippen molar-refractivity contribution in [3.8, 4) is 0 Å². The fourth-order valence-corrected chi connectivity index (χ4v) is 2.16. The molecule has 2 rings (SSSR count). The van der Waals surface area contributed by atoms with Crippen LogP contribution in [0.15, 0.2) is 18.2 Å². The first kappa shape index (κ1) is 11.9. The molecule has 0 aliphatic carbocycles. The zero-order valence-electron chi connectivity index (χ0n) is 9.90. The van der Waals surface area contributed by atoms with Gasteiger partial charge in [-0.2, -0.15) is 0 Å². The van der Waals surface area contributed by atoms with Gasteiger partial charge in [0.15, 0.2) is 0 Å². The predicted octanol–water partition coefficient (Wildman–Crippen LogP) is 1.12. The van der Waals surface area contributed by atoms with Gasteiger partial charge in [-0.05, 0) is 36.5 Å². The minimum Gasteiger partial charge on any atom is -0.467 e. The lowest BCUT2D eigenvalue weighted by atomic mass is 9.95. The number of benzene rings is 1. The van der Waals surface area contributed by atoms with Gasteiger partial charge in [0.1, 0.15) is 6.04 Å². The molecular formula is C13H17NO3. The van der Waals surface area contributed by atoms with Crippen molar-refractivity contribution in [1.29, 1.82) is 0 Å². The Labute approximate surface area is 101 Å². The molecule has 4 nitrogen and oxygen atoms in total. The van der Waals surface area contributed by atoms with Crippen LogP contribution >= 0.6 is 0 Å². The number of carbonyl (C=O) groups is 1. The summed E-state index contributed by atoms with van der Waals surface area (Å²) in [4.78, 5) is 11.4. The number of carbonyl (C=O) groups excluding carboxylic acids is 1. The van der Waals surface area contributed by atoms with Gasteiger partial charge in [-0.3, -0.25) is 0 Å². The molecule has 1 heterocycles. The molecule has 92 valence electrons. The molecule has 0 saturated carbocycles. The summed E-state index contributed by atoms with van der Waals surface area (Å²) in [5.41, 5.74) is 3.33. The summed E-state index contributed by atoms with van der Waals surface area (Å²) in [6.07, 6.45) is 2.29. The van der Waals surface area contributed by atoms with Gasteiger partial charge in [0.05, 0.1) is 7.11 Å². The standard InChI is InChI=1S/C13H17NO3/c1-17-13(16)12-5-3-10-8-9(6-7-15)2-4-11(10)14-12/h2,4,8,12,14-15H,3,5-7H2,1H3. The highest BCUT2D eigenvalue weighted by molar-refractivity contribution is 5.80. The summed E-state index contributed by atoms with van der Waals surface area (Å²) >= 11 is 0. The summed E-state index contributed by atoms with van der Waals surface area (Å²) < 4.78 is 4.73. The van der Waals surface area contributed by atoms with E-state index in [-0.39, 0.29) is 18.6 Å². The molecule has 17 heavy (non-hydrogen) atoms. The fraction of sp³-hybridized carbons (Fsp3) is 0.462. The zero-order chi connectivity index (χ0) is 12.3.